The molecule has 7 nitrogen and oxygen atoms in total. The molecule has 0 saturated heterocycles. The first-order valence-corrected chi connectivity index (χ1v) is 6.71. The molecule has 0 aromatic heterocycles. The van der Waals surface area contributed by atoms with Gasteiger partial charge in [0.05, 0.1) is 12.5 Å². The maximum atomic E-state index is 12.2. The Kier molecular flexibility index (Phi) is 8.35. The molecule has 0 saturated carbocycles. The lowest BCUT2D eigenvalue weighted by Crippen LogP contribution is -2.46. The number of esters is 1. The van der Waals surface area contributed by atoms with Gasteiger partial charge in [0.25, 0.3) is 0 Å². The van der Waals surface area contributed by atoms with Crippen molar-refractivity contribution in [2.75, 3.05) is 33.3 Å². The third kappa shape index (κ3) is 6.40. The monoisotopic (exact) mass is 288 g/mol. The van der Waals surface area contributed by atoms with E-state index in [1.165, 1.54) is 23.8 Å². The summed E-state index contributed by atoms with van der Waals surface area (Å²) in [5, 5.41) is 8.84. The summed E-state index contributed by atoms with van der Waals surface area (Å²) in [6, 6.07) is -0.368. The molecule has 1 atom stereocenters. The molecular formula is C13H24N2O5. The van der Waals surface area contributed by atoms with Crippen LogP contribution in [-0.4, -0.2) is 66.2 Å². The molecule has 0 radical (unpaired) electrons. The second-order valence-electron chi connectivity index (χ2n) is 4.63. The molecular weight excluding hydrogens is 264 g/mol. The number of carboxylic acids is 1. The number of aliphatic carboxylic acids is 1. The highest BCUT2D eigenvalue weighted by Gasteiger charge is 2.23. The van der Waals surface area contributed by atoms with Crippen molar-refractivity contribution in [2.45, 2.75) is 27.2 Å². The molecule has 0 aromatic rings. The summed E-state index contributed by atoms with van der Waals surface area (Å²) in [5.41, 5.74) is 0. The van der Waals surface area contributed by atoms with Gasteiger partial charge in [-0.15, -0.1) is 0 Å². The van der Waals surface area contributed by atoms with Gasteiger partial charge in [-0.3, -0.25) is 9.59 Å². The zero-order valence-electron chi connectivity index (χ0n) is 12.6. The van der Waals surface area contributed by atoms with Crippen LogP contribution < -0.4 is 0 Å². The highest BCUT2D eigenvalue weighted by molar-refractivity contribution is 5.81. The predicted molar refractivity (Wildman–Crippen MR) is 73.3 cm³/mol. The van der Waals surface area contributed by atoms with Crippen LogP contribution in [0.15, 0.2) is 0 Å². The Morgan fingerprint density at radius 1 is 1.25 bits per heavy atom. The Morgan fingerprint density at radius 2 is 1.85 bits per heavy atom. The molecule has 0 aliphatic rings. The van der Waals surface area contributed by atoms with Gasteiger partial charge in [0, 0.05) is 20.1 Å². The fraction of sp³-hybridized carbons (Fsp3) is 0.769. The molecule has 0 bridgehead atoms. The lowest BCUT2D eigenvalue weighted by molar-refractivity contribution is -0.144. The smallest absolute Gasteiger partial charge is 0.325 e. The molecule has 2 amide bonds. The third-order valence-corrected chi connectivity index (χ3v) is 2.69. The maximum Gasteiger partial charge on any atom is 0.325 e. The molecule has 0 aromatic carbocycles. The summed E-state index contributed by atoms with van der Waals surface area (Å²) >= 11 is 0. The van der Waals surface area contributed by atoms with Gasteiger partial charge >= 0.3 is 18.0 Å². The highest BCUT2D eigenvalue weighted by atomic mass is 16.5. The van der Waals surface area contributed by atoms with Gasteiger partial charge in [-0.2, -0.15) is 0 Å². The van der Waals surface area contributed by atoms with Crippen LogP contribution in [0.4, 0.5) is 4.79 Å². The van der Waals surface area contributed by atoms with E-state index in [0.29, 0.717) is 13.0 Å². The summed E-state index contributed by atoms with van der Waals surface area (Å²) in [6.45, 7) is 5.78. The predicted octanol–water partition coefficient (Wildman–Crippen LogP) is 1.03. The molecule has 0 rings (SSSR count). The average molecular weight is 288 g/mol. The summed E-state index contributed by atoms with van der Waals surface area (Å²) in [7, 11) is 1.52. The number of carbonyl (C=O) groups excluding carboxylic acids is 2. The van der Waals surface area contributed by atoms with E-state index in [4.69, 9.17) is 9.84 Å². The summed E-state index contributed by atoms with van der Waals surface area (Å²) in [6.07, 6.45) is 0.702. The second-order valence-corrected chi connectivity index (χ2v) is 4.63. The van der Waals surface area contributed by atoms with Crippen LogP contribution in [0.3, 0.4) is 0 Å². The zero-order chi connectivity index (χ0) is 15.7. The van der Waals surface area contributed by atoms with Crippen molar-refractivity contribution < 1.29 is 24.2 Å². The number of hydrogen-bond donors (Lipinski definition) is 1. The van der Waals surface area contributed by atoms with Crippen molar-refractivity contribution in [1.29, 1.82) is 0 Å². The summed E-state index contributed by atoms with van der Waals surface area (Å²) in [4.78, 5) is 37.1. The molecule has 7 heteroatoms. The van der Waals surface area contributed by atoms with Crippen LogP contribution in [0.2, 0.25) is 0 Å². The van der Waals surface area contributed by atoms with E-state index in [1.54, 1.807) is 6.92 Å². The number of carbonyl (C=O) groups is 3. The fourth-order valence-electron chi connectivity index (χ4n) is 1.68. The van der Waals surface area contributed by atoms with Crippen LogP contribution in [-0.2, 0) is 14.3 Å². The number of amides is 2. The molecule has 0 fully saturated rings. The Labute approximate surface area is 119 Å². The van der Waals surface area contributed by atoms with Crippen molar-refractivity contribution in [3.05, 3.63) is 0 Å². The van der Waals surface area contributed by atoms with Gasteiger partial charge in [0.15, 0.2) is 0 Å². The number of carboxylic acid groups (broad SMARTS) is 1. The van der Waals surface area contributed by atoms with Gasteiger partial charge in [-0.1, -0.05) is 13.8 Å². The van der Waals surface area contributed by atoms with Gasteiger partial charge in [-0.05, 0) is 13.3 Å². The minimum absolute atomic E-state index is 0.0945. The first-order valence-electron chi connectivity index (χ1n) is 6.71. The largest absolute Gasteiger partial charge is 0.481 e. The van der Waals surface area contributed by atoms with Crippen LogP contribution >= 0.6 is 0 Å². The molecule has 1 unspecified atom stereocenters. The Morgan fingerprint density at radius 3 is 2.30 bits per heavy atom. The summed E-state index contributed by atoms with van der Waals surface area (Å²) < 4.78 is 4.82. The first-order chi connectivity index (χ1) is 9.33. The molecule has 1 N–H and O–H groups in total. The number of urea groups is 1. The van der Waals surface area contributed by atoms with Gasteiger partial charge in [0.1, 0.15) is 6.54 Å². The minimum Gasteiger partial charge on any atom is -0.481 e. The normalized spacial score (nSPS) is 11.6. The topological polar surface area (TPSA) is 87.2 Å². The fourth-order valence-corrected chi connectivity index (χ4v) is 1.68. The molecule has 0 aliphatic heterocycles. The Balaban J connectivity index is 4.61. The average Bonchev–Trinajstić information content (AvgIpc) is 2.37. The molecule has 0 heterocycles. The first kappa shape index (κ1) is 18.2. The molecule has 0 spiro atoms. The van der Waals surface area contributed by atoms with Crippen molar-refractivity contribution in [2.24, 2.45) is 5.92 Å². The van der Waals surface area contributed by atoms with Crippen molar-refractivity contribution in [1.82, 2.24) is 9.80 Å². The van der Waals surface area contributed by atoms with Gasteiger partial charge in [0.2, 0.25) is 0 Å². The van der Waals surface area contributed by atoms with E-state index in [1.807, 2.05) is 6.92 Å². The lowest BCUT2D eigenvalue weighted by atomic mass is 10.2. The van der Waals surface area contributed by atoms with Crippen LogP contribution in [0, 0.1) is 5.92 Å². The van der Waals surface area contributed by atoms with Crippen molar-refractivity contribution in [3.8, 4) is 0 Å². The van der Waals surface area contributed by atoms with E-state index >= 15 is 0 Å². The third-order valence-electron chi connectivity index (χ3n) is 2.69. The second kappa shape index (κ2) is 9.17. The quantitative estimate of drug-likeness (QED) is 0.674. The summed E-state index contributed by atoms with van der Waals surface area (Å²) in [5.74, 6) is -2.08. The van der Waals surface area contributed by atoms with E-state index in [-0.39, 0.29) is 25.7 Å². The highest BCUT2D eigenvalue weighted by Crippen LogP contribution is 2.04. The van der Waals surface area contributed by atoms with Gasteiger partial charge < -0.3 is 19.6 Å². The van der Waals surface area contributed by atoms with Crippen molar-refractivity contribution >= 4 is 18.0 Å². The Hall–Kier alpha value is -1.79. The minimum atomic E-state index is -0.961. The number of ether oxygens (including phenoxy) is 1. The zero-order valence-corrected chi connectivity index (χ0v) is 12.6. The standard InChI is InChI=1S/C13H24N2O5/c1-5-7-15(9-11(16)20-6-2)13(19)14(4)8-10(3)12(17)18/h10H,5-9H2,1-4H3,(H,17,18). The number of rotatable bonds is 8. The van der Waals surface area contributed by atoms with Crippen LogP contribution in [0.1, 0.15) is 27.2 Å². The SMILES string of the molecule is CCCN(CC(=O)OCC)C(=O)N(C)CC(C)C(=O)O. The lowest BCUT2D eigenvalue weighted by Gasteiger charge is -2.28. The Bertz CT molecular complexity index is 346. The van der Waals surface area contributed by atoms with Crippen LogP contribution in [0.25, 0.3) is 0 Å². The van der Waals surface area contributed by atoms with E-state index in [2.05, 4.69) is 0 Å². The molecule has 20 heavy (non-hydrogen) atoms. The van der Waals surface area contributed by atoms with Gasteiger partial charge in [-0.25, -0.2) is 4.79 Å². The number of nitrogens with zero attached hydrogens (tertiary/aromatic N) is 2. The van der Waals surface area contributed by atoms with E-state index in [0.717, 1.165) is 0 Å². The van der Waals surface area contributed by atoms with E-state index in [9.17, 15) is 14.4 Å². The molecule has 116 valence electrons. The molecule has 0 aliphatic carbocycles. The van der Waals surface area contributed by atoms with Crippen LogP contribution in [0.5, 0.6) is 0 Å². The van der Waals surface area contributed by atoms with Crippen molar-refractivity contribution in [3.63, 3.8) is 0 Å². The maximum absolute atomic E-state index is 12.2. The number of hydrogen-bond acceptors (Lipinski definition) is 4. The van der Waals surface area contributed by atoms with E-state index < -0.39 is 17.9 Å².